The molecule has 0 unspecified atom stereocenters. The van der Waals surface area contributed by atoms with Gasteiger partial charge in [0.25, 0.3) is 0 Å². The quantitative estimate of drug-likeness (QED) is 0.628. The van der Waals surface area contributed by atoms with Crippen molar-refractivity contribution in [1.82, 2.24) is 19.7 Å². The molecule has 2 saturated carbocycles. The molecule has 2 N–H and O–H groups in total. The molecule has 4 aliphatic rings. The fourth-order valence-corrected chi connectivity index (χ4v) is 7.71. The second kappa shape index (κ2) is 8.08. The lowest BCUT2D eigenvalue weighted by Gasteiger charge is -2.37. The van der Waals surface area contributed by atoms with Gasteiger partial charge in [0.15, 0.2) is 0 Å². The number of nitrogens with zero attached hydrogens (tertiary/aromatic N) is 5. The molecular weight excluding hydrogens is 422 g/mol. The molecule has 0 atom stereocenters. The maximum Gasteiger partial charge on any atom is 0.136 e. The SMILES string of the molecule is CNc1nc(C)cc(N2CCc3c(c(C)nn3CC34CCC(N5CCCC5)(CC3)C4)C2)c1C=N. The number of likely N-dealkylation sites (tertiary alicyclic amines) is 1. The van der Waals surface area contributed by atoms with Gasteiger partial charge in [-0.2, -0.15) is 5.10 Å². The highest BCUT2D eigenvalue weighted by atomic mass is 15.3. The van der Waals surface area contributed by atoms with E-state index in [-0.39, 0.29) is 0 Å². The average molecular weight is 462 g/mol. The van der Waals surface area contributed by atoms with Gasteiger partial charge >= 0.3 is 0 Å². The number of anilines is 2. The van der Waals surface area contributed by atoms with Gasteiger partial charge in [0.1, 0.15) is 5.82 Å². The first kappa shape index (κ1) is 22.1. The van der Waals surface area contributed by atoms with Crippen molar-refractivity contribution in [2.24, 2.45) is 5.41 Å². The third kappa shape index (κ3) is 3.38. The first-order valence-electron chi connectivity index (χ1n) is 13.2. The van der Waals surface area contributed by atoms with Crippen LogP contribution in [0.5, 0.6) is 0 Å². The minimum Gasteiger partial charge on any atom is -0.373 e. The van der Waals surface area contributed by atoms with E-state index < -0.39 is 0 Å². The van der Waals surface area contributed by atoms with Crippen LogP contribution in [0.4, 0.5) is 11.5 Å². The van der Waals surface area contributed by atoms with Crippen molar-refractivity contribution in [1.29, 1.82) is 5.41 Å². The van der Waals surface area contributed by atoms with Gasteiger partial charge in [0, 0.05) is 61.8 Å². The van der Waals surface area contributed by atoms with E-state index in [1.165, 1.54) is 81.2 Å². The van der Waals surface area contributed by atoms with E-state index in [1.807, 2.05) is 14.0 Å². The van der Waals surface area contributed by atoms with Crippen LogP contribution < -0.4 is 10.2 Å². The highest BCUT2D eigenvalue weighted by molar-refractivity contribution is 5.92. The van der Waals surface area contributed by atoms with Gasteiger partial charge in [-0.05, 0) is 83.4 Å². The largest absolute Gasteiger partial charge is 0.373 e. The fraction of sp³-hybridized carbons (Fsp3) is 0.667. The molecule has 0 spiro atoms. The van der Waals surface area contributed by atoms with Gasteiger partial charge in [0.2, 0.25) is 0 Å². The first-order valence-corrected chi connectivity index (χ1v) is 13.2. The van der Waals surface area contributed by atoms with Gasteiger partial charge < -0.3 is 15.6 Å². The van der Waals surface area contributed by atoms with Crippen molar-refractivity contribution >= 4 is 17.7 Å². The molecule has 1 saturated heterocycles. The van der Waals surface area contributed by atoms with Crippen molar-refractivity contribution in [3.8, 4) is 0 Å². The molecule has 34 heavy (non-hydrogen) atoms. The molecular formula is C27H39N7. The van der Waals surface area contributed by atoms with E-state index in [9.17, 15) is 0 Å². The summed E-state index contributed by atoms with van der Waals surface area (Å²) in [4.78, 5) is 9.85. The number of aryl methyl sites for hydroxylation is 2. The van der Waals surface area contributed by atoms with Crippen LogP contribution in [-0.4, -0.2) is 58.1 Å². The van der Waals surface area contributed by atoms with Crippen LogP contribution in [0, 0.1) is 24.7 Å². The molecule has 2 aliphatic carbocycles. The van der Waals surface area contributed by atoms with Gasteiger partial charge in [-0.1, -0.05) is 0 Å². The Labute approximate surface area is 203 Å². The van der Waals surface area contributed by atoms with Crippen molar-refractivity contribution < 1.29 is 0 Å². The molecule has 2 bridgehead atoms. The summed E-state index contributed by atoms with van der Waals surface area (Å²) in [5, 5.41) is 16.3. The number of nitrogens with one attached hydrogen (secondary N) is 2. The second-order valence-corrected chi connectivity index (χ2v) is 11.4. The minimum absolute atomic E-state index is 0.448. The maximum absolute atomic E-state index is 8.01. The van der Waals surface area contributed by atoms with E-state index in [0.29, 0.717) is 11.0 Å². The Morgan fingerprint density at radius 1 is 1.12 bits per heavy atom. The van der Waals surface area contributed by atoms with Crippen molar-refractivity contribution in [2.45, 2.75) is 83.8 Å². The van der Waals surface area contributed by atoms with E-state index in [2.05, 4.69) is 37.8 Å². The zero-order valence-electron chi connectivity index (χ0n) is 21.1. The van der Waals surface area contributed by atoms with Crippen LogP contribution in [0.25, 0.3) is 0 Å². The Hall–Kier alpha value is -2.41. The molecule has 6 rings (SSSR count). The summed E-state index contributed by atoms with van der Waals surface area (Å²) in [6.07, 6.45) is 12.1. The van der Waals surface area contributed by atoms with Crippen LogP contribution in [0.15, 0.2) is 6.07 Å². The lowest BCUT2D eigenvalue weighted by Crippen LogP contribution is -2.43. The number of hydrogen-bond acceptors (Lipinski definition) is 6. The van der Waals surface area contributed by atoms with E-state index in [0.717, 1.165) is 48.8 Å². The average Bonchev–Trinajstić information content (AvgIpc) is 3.63. The molecule has 182 valence electrons. The normalized spacial score (nSPS) is 28.5. The molecule has 7 heteroatoms. The van der Waals surface area contributed by atoms with Crippen LogP contribution in [-0.2, 0) is 19.5 Å². The number of hydrogen-bond donors (Lipinski definition) is 2. The highest BCUT2D eigenvalue weighted by Crippen LogP contribution is 2.60. The monoisotopic (exact) mass is 461 g/mol. The van der Waals surface area contributed by atoms with Gasteiger partial charge in [-0.15, -0.1) is 0 Å². The highest BCUT2D eigenvalue weighted by Gasteiger charge is 2.57. The first-order chi connectivity index (χ1) is 16.5. The lowest BCUT2D eigenvalue weighted by atomic mass is 9.83. The minimum atomic E-state index is 0.448. The second-order valence-electron chi connectivity index (χ2n) is 11.4. The van der Waals surface area contributed by atoms with E-state index >= 15 is 0 Å². The summed E-state index contributed by atoms with van der Waals surface area (Å²) >= 11 is 0. The molecule has 0 amide bonds. The van der Waals surface area contributed by atoms with E-state index in [4.69, 9.17) is 10.5 Å². The number of pyridine rings is 1. The zero-order valence-corrected chi connectivity index (χ0v) is 21.1. The molecule has 2 aromatic rings. The topological polar surface area (TPSA) is 73.1 Å². The molecule has 2 aromatic heterocycles. The molecule has 0 aromatic carbocycles. The number of rotatable bonds is 6. The molecule has 4 heterocycles. The van der Waals surface area contributed by atoms with Crippen molar-refractivity contribution in [2.75, 3.05) is 36.9 Å². The molecule has 2 aliphatic heterocycles. The van der Waals surface area contributed by atoms with Crippen LogP contribution in [0.2, 0.25) is 0 Å². The van der Waals surface area contributed by atoms with Gasteiger partial charge in [0.05, 0.1) is 16.9 Å². The van der Waals surface area contributed by atoms with E-state index in [1.54, 1.807) is 0 Å². The molecule has 0 radical (unpaired) electrons. The van der Waals surface area contributed by atoms with Gasteiger partial charge in [-0.25, -0.2) is 4.98 Å². The summed E-state index contributed by atoms with van der Waals surface area (Å²) < 4.78 is 2.40. The van der Waals surface area contributed by atoms with Crippen LogP contribution >= 0.6 is 0 Å². The zero-order chi connectivity index (χ0) is 23.5. The Morgan fingerprint density at radius 3 is 2.59 bits per heavy atom. The van der Waals surface area contributed by atoms with Crippen LogP contribution in [0.3, 0.4) is 0 Å². The third-order valence-corrected chi connectivity index (χ3v) is 9.43. The summed E-state index contributed by atoms with van der Waals surface area (Å²) in [6.45, 7) is 9.77. The summed E-state index contributed by atoms with van der Waals surface area (Å²) in [5.41, 5.74) is 7.91. The number of aromatic nitrogens is 3. The Bertz CT molecular complexity index is 1100. The summed E-state index contributed by atoms with van der Waals surface area (Å²) in [7, 11) is 1.88. The Balaban J connectivity index is 1.25. The lowest BCUT2D eigenvalue weighted by molar-refractivity contribution is 0.125. The third-order valence-electron chi connectivity index (χ3n) is 9.43. The van der Waals surface area contributed by atoms with Gasteiger partial charge in [-0.3, -0.25) is 9.58 Å². The smallest absolute Gasteiger partial charge is 0.136 e. The van der Waals surface area contributed by atoms with Crippen molar-refractivity contribution in [3.05, 3.63) is 34.3 Å². The summed E-state index contributed by atoms with van der Waals surface area (Å²) in [6, 6.07) is 2.12. The standard InChI is InChI=1S/C27H39N7/c1-19-14-24(21(15-28)25(29-3)30-19)32-13-6-23-22(16-32)20(2)31-34(23)18-26-7-9-27(17-26,10-8-26)33-11-4-5-12-33/h14-15,28H,4-13,16-18H2,1-3H3,(H,29,30). The predicted octanol–water partition coefficient (Wildman–Crippen LogP) is 4.30. The fourth-order valence-electron chi connectivity index (χ4n) is 7.71. The molecule has 3 fully saturated rings. The Morgan fingerprint density at radius 2 is 1.88 bits per heavy atom. The van der Waals surface area contributed by atoms with Crippen molar-refractivity contribution in [3.63, 3.8) is 0 Å². The number of fused-ring (bicyclic) bond motifs is 3. The maximum atomic E-state index is 8.01. The summed E-state index contributed by atoms with van der Waals surface area (Å²) in [5.74, 6) is 0.784. The Kier molecular flexibility index (Phi) is 5.24. The predicted molar refractivity (Wildman–Crippen MR) is 137 cm³/mol. The molecule has 7 nitrogen and oxygen atoms in total. The van der Waals surface area contributed by atoms with Crippen LogP contribution in [0.1, 0.15) is 73.2 Å².